The quantitative estimate of drug-likeness (QED) is 0.791. The van der Waals surface area contributed by atoms with Gasteiger partial charge in [0.15, 0.2) is 0 Å². The third kappa shape index (κ3) is 4.24. The van der Waals surface area contributed by atoms with Gasteiger partial charge in [0.25, 0.3) is 0 Å². The number of carbonyl (C=O) groups is 1. The fourth-order valence-corrected chi connectivity index (χ4v) is 3.23. The molecule has 0 bridgehead atoms. The number of nitrogens with zero attached hydrogens (tertiary/aromatic N) is 2. The van der Waals surface area contributed by atoms with Gasteiger partial charge in [0, 0.05) is 12.0 Å². The van der Waals surface area contributed by atoms with Gasteiger partial charge in [-0.1, -0.05) is 13.3 Å². The summed E-state index contributed by atoms with van der Waals surface area (Å²) >= 11 is 0. The molecule has 0 amide bonds. The molecule has 1 heterocycles. The maximum absolute atomic E-state index is 12.3. The Kier molecular flexibility index (Phi) is 5.33. The molecule has 1 saturated carbocycles. The fourth-order valence-electron chi connectivity index (χ4n) is 3.23. The fraction of sp³-hybridized carbons (Fsp3) is 0.929. The number of carbonyl (C=O) groups excluding carboxylic acids is 1. The number of hydrogen-bond donors (Lipinski definition) is 1. The minimum atomic E-state index is -0.385. The molecule has 0 radical (unpaired) electrons. The van der Waals surface area contributed by atoms with Crippen LogP contribution in [0.2, 0.25) is 0 Å². The van der Waals surface area contributed by atoms with E-state index in [2.05, 4.69) is 11.8 Å². The summed E-state index contributed by atoms with van der Waals surface area (Å²) in [6.07, 6.45) is 5.29. The van der Waals surface area contributed by atoms with Crippen molar-refractivity contribution in [2.24, 2.45) is 11.8 Å². The van der Waals surface area contributed by atoms with Crippen molar-refractivity contribution in [2.45, 2.75) is 51.5 Å². The largest absolute Gasteiger partial charge is 0.762 e. The number of hydroxylamine groups is 2. The number of rotatable bonds is 4. The Hall–Kier alpha value is -0.490. The molecule has 0 aromatic heterocycles. The molecule has 0 aromatic rings. The van der Waals surface area contributed by atoms with E-state index < -0.39 is 0 Å². The lowest BCUT2D eigenvalue weighted by molar-refractivity contribution is -0.130. The van der Waals surface area contributed by atoms with Gasteiger partial charge in [-0.2, -0.15) is 0 Å². The molecular weight excluding hydrogens is 244 g/mol. The third-order valence-corrected chi connectivity index (χ3v) is 4.67. The average Bonchev–Trinajstić information content (AvgIpc) is 2.41. The molecule has 5 nitrogen and oxygen atoms in total. The molecule has 2 fully saturated rings. The lowest BCUT2D eigenvalue weighted by Crippen LogP contribution is -2.41. The van der Waals surface area contributed by atoms with Crippen molar-refractivity contribution in [2.75, 3.05) is 19.6 Å². The first kappa shape index (κ1) is 14.9. The van der Waals surface area contributed by atoms with Crippen molar-refractivity contribution in [3.05, 3.63) is 5.21 Å². The van der Waals surface area contributed by atoms with Gasteiger partial charge in [-0.3, -0.25) is 14.9 Å². The van der Waals surface area contributed by atoms with E-state index in [0.29, 0.717) is 19.4 Å². The summed E-state index contributed by atoms with van der Waals surface area (Å²) in [5, 5.41) is 20.0. The smallest absolute Gasteiger partial charge is 0.149 e. The van der Waals surface area contributed by atoms with Crippen LogP contribution in [0.3, 0.4) is 0 Å². The first-order valence-electron chi connectivity index (χ1n) is 7.46. The Bertz CT molecular complexity index is 301. The molecule has 1 saturated heterocycles. The van der Waals surface area contributed by atoms with Crippen molar-refractivity contribution in [1.29, 1.82) is 0 Å². The lowest BCUT2D eigenvalue weighted by Gasteiger charge is -2.37. The van der Waals surface area contributed by atoms with Crippen LogP contribution in [-0.2, 0) is 4.79 Å². The Labute approximate surface area is 115 Å². The summed E-state index contributed by atoms with van der Waals surface area (Å²) in [5.41, 5.74) is 0. The van der Waals surface area contributed by atoms with E-state index in [0.717, 1.165) is 31.8 Å². The monoisotopic (exact) mass is 269 g/mol. The maximum atomic E-state index is 12.3. The third-order valence-electron chi connectivity index (χ3n) is 4.67. The van der Waals surface area contributed by atoms with Crippen LogP contribution >= 0.6 is 0 Å². The molecule has 0 aromatic carbocycles. The van der Waals surface area contributed by atoms with Crippen LogP contribution in [0.4, 0.5) is 0 Å². The average molecular weight is 269 g/mol. The van der Waals surface area contributed by atoms with E-state index in [9.17, 15) is 10.0 Å². The van der Waals surface area contributed by atoms with Crippen LogP contribution in [-0.4, -0.2) is 46.8 Å². The first-order chi connectivity index (χ1) is 9.06. The van der Waals surface area contributed by atoms with Gasteiger partial charge in [0.1, 0.15) is 5.78 Å². The molecule has 19 heavy (non-hydrogen) atoms. The van der Waals surface area contributed by atoms with E-state index in [-0.39, 0.29) is 23.0 Å². The molecule has 0 spiro atoms. The summed E-state index contributed by atoms with van der Waals surface area (Å²) in [6, 6.07) is -0.385. The number of ketones is 1. The van der Waals surface area contributed by atoms with Crippen molar-refractivity contribution < 1.29 is 10.0 Å². The van der Waals surface area contributed by atoms with Crippen LogP contribution in [0, 0.1) is 17.0 Å². The van der Waals surface area contributed by atoms with Gasteiger partial charge in [-0.05, 0) is 51.1 Å². The van der Waals surface area contributed by atoms with Gasteiger partial charge < -0.3 is 10.4 Å². The zero-order chi connectivity index (χ0) is 13.8. The number of hydrogen-bond acceptors (Lipinski definition) is 5. The highest BCUT2D eigenvalue weighted by Crippen LogP contribution is 2.28. The highest BCUT2D eigenvalue weighted by atomic mass is 16.8. The summed E-state index contributed by atoms with van der Waals surface area (Å²) in [5.74, 6) is 0.983. The standard InChI is InChI=1S/C14H25N2O3/c1-11-5-7-15(8-6-11)10-14(17)12-3-2-4-13(9-12)16(18)19/h11-13,18H,2-10H2,1H3/q-1. The van der Waals surface area contributed by atoms with Gasteiger partial charge in [0.05, 0.1) is 6.54 Å². The molecule has 110 valence electrons. The van der Waals surface area contributed by atoms with Gasteiger partial charge >= 0.3 is 0 Å². The van der Waals surface area contributed by atoms with E-state index in [1.807, 2.05) is 0 Å². The van der Waals surface area contributed by atoms with Crippen molar-refractivity contribution in [3.63, 3.8) is 0 Å². The molecule has 2 rings (SSSR count). The highest BCUT2D eigenvalue weighted by molar-refractivity contribution is 5.83. The van der Waals surface area contributed by atoms with Gasteiger partial charge in [-0.25, -0.2) is 0 Å². The molecule has 1 aliphatic heterocycles. The molecule has 2 unspecified atom stereocenters. The summed E-state index contributed by atoms with van der Waals surface area (Å²) < 4.78 is 0. The van der Waals surface area contributed by atoms with Crippen LogP contribution in [0.25, 0.3) is 0 Å². The minimum absolute atomic E-state index is 0.0401. The molecule has 5 heteroatoms. The second-order valence-electron chi connectivity index (χ2n) is 6.24. The van der Waals surface area contributed by atoms with Crippen LogP contribution < -0.4 is 0 Å². The second-order valence-corrected chi connectivity index (χ2v) is 6.24. The Morgan fingerprint density at radius 3 is 2.63 bits per heavy atom. The summed E-state index contributed by atoms with van der Waals surface area (Å²) in [7, 11) is 0. The first-order valence-corrected chi connectivity index (χ1v) is 7.46. The van der Waals surface area contributed by atoms with E-state index >= 15 is 0 Å². The van der Waals surface area contributed by atoms with Crippen molar-refractivity contribution in [3.8, 4) is 0 Å². The van der Waals surface area contributed by atoms with Crippen molar-refractivity contribution in [1.82, 2.24) is 10.1 Å². The number of likely N-dealkylation sites (tertiary alicyclic amines) is 1. The van der Waals surface area contributed by atoms with E-state index in [1.165, 1.54) is 12.8 Å². The van der Waals surface area contributed by atoms with Crippen LogP contribution in [0.15, 0.2) is 0 Å². The summed E-state index contributed by atoms with van der Waals surface area (Å²) in [6.45, 7) is 4.80. The highest BCUT2D eigenvalue weighted by Gasteiger charge is 2.29. The molecule has 1 N–H and O–H groups in total. The van der Waals surface area contributed by atoms with Crippen molar-refractivity contribution >= 4 is 5.78 Å². The molecule has 2 atom stereocenters. The molecule has 2 aliphatic rings. The Balaban J connectivity index is 1.79. The summed E-state index contributed by atoms with van der Waals surface area (Å²) in [4.78, 5) is 14.5. The molecular formula is C14H25N2O3-. The Morgan fingerprint density at radius 1 is 1.32 bits per heavy atom. The SMILES string of the molecule is CC1CCN(CC(=O)C2CCCC(N([O-])O)C2)CC1. The van der Waals surface area contributed by atoms with E-state index in [1.54, 1.807) is 0 Å². The predicted molar refractivity (Wildman–Crippen MR) is 72.6 cm³/mol. The second kappa shape index (κ2) is 6.79. The number of Topliss-reactive ketones (excluding diaryl/α,β-unsaturated/α-hetero) is 1. The topological polar surface area (TPSA) is 66.8 Å². The normalized spacial score (nSPS) is 30.7. The van der Waals surface area contributed by atoms with Crippen LogP contribution in [0.1, 0.15) is 45.4 Å². The zero-order valence-corrected chi connectivity index (χ0v) is 11.8. The maximum Gasteiger partial charge on any atom is 0.149 e. The van der Waals surface area contributed by atoms with Crippen LogP contribution in [0.5, 0.6) is 0 Å². The lowest BCUT2D eigenvalue weighted by atomic mass is 9.83. The van der Waals surface area contributed by atoms with Gasteiger partial charge in [-0.15, -0.1) is 0 Å². The number of piperidine rings is 1. The van der Waals surface area contributed by atoms with Gasteiger partial charge in [0.2, 0.25) is 0 Å². The zero-order valence-electron chi connectivity index (χ0n) is 11.8. The Morgan fingerprint density at radius 2 is 2.00 bits per heavy atom. The molecule has 1 aliphatic carbocycles. The van der Waals surface area contributed by atoms with E-state index in [4.69, 9.17) is 5.21 Å². The minimum Gasteiger partial charge on any atom is -0.762 e. The predicted octanol–water partition coefficient (Wildman–Crippen LogP) is 2.04.